The Labute approximate surface area is 160 Å². The van der Waals surface area contributed by atoms with Crippen molar-refractivity contribution in [1.29, 1.82) is 0 Å². The Bertz CT molecular complexity index is 1110. The second-order valence-corrected chi connectivity index (χ2v) is 6.55. The molecule has 1 N–H and O–H groups in total. The minimum atomic E-state index is -0.744. The van der Waals surface area contributed by atoms with E-state index in [1.807, 2.05) is 24.3 Å². The highest BCUT2D eigenvalue weighted by atomic mass is 19.1. The van der Waals surface area contributed by atoms with Crippen LogP contribution in [0.1, 0.15) is 18.0 Å². The van der Waals surface area contributed by atoms with E-state index >= 15 is 0 Å². The first-order chi connectivity index (χ1) is 13.6. The van der Waals surface area contributed by atoms with Crippen molar-refractivity contribution in [1.82, 2.24) is 9.78 Å². The quantitative estimate of drug-likeness (QED) is 0.759. The molecule has 28 heavy (non-hydrogen) atoms. The van der Waals surface area contributed by atoms with Crippen molar-refractivity contribution in [2.24, 2.45) is 0 Å². The maximum Gasteiger partial charge on any atom is 0.267 e. The molecular weight excluding hydrogens is 361 g/mol. The lowest BCUT2D eigenvalue weighted by Crippen LogP contribution is -2.34. The number of aromatic nitrogens is 2. The van der Waals surface area contributed by atoms with Crippen molar-refractivity contribution < 1.29 is 13.9 Å². The molecule has 2 aromatic carbocycles. The van der Waals surface area contributed by atoms with Crippen LogP contribution in [0.4, 0.5) is 10.1 Å². The fourth-order valence-corrected chi connectivity index (χ4v) is 3.40. The van der Waals surface area contributed by atoms with Gasteiger partial charge in [-0.05, 0) is 42.7 Å². The minimum Gasteiger partial charge on any atom is -0.496 e. The highest BCUT2D eigenvalue weighted by Gasteiger charge is 2.27. The predicted octanol–water partition coefficient (Wildman–Crippen LogP) is 3.18. The van der Waals surface area contributed by atoms with E-state index in [-0.39, 0.29) is 11.5 Å². The molecule has 0 aliphatic carbocycles. The molecule has 3 aromatic rings. The van der Waals surface area contributed by atoms with Crippen molar-refractivity contribution in [3.05, 3.63) is 76.3 Å². The molecule has 1 unspecified atom stereocenters. The number of anilines is 1. The largest absolute Gasteiger partial charge is 0.496 e. The van der Waals surface area contributed by atoms with Gasteiger partial charge in [0.2, 0.25) is 5.91 Å². The number of halogens is 1. The van der Waals surface area contributed by atoms with Crippen molar-refractivity contribution in [3.63, 3.8) is 0 Å². The van der Waals surface area contributed by atoms with Crippen LogP contribution in [0.25, 0.3) is 11.3 Å². The summed E-state index contributed by atoms with van der Waals surface area (Å²) in [6.07, 6.45) is 1.08. The van der Waals surface area contributed by atoms with Gasteiger partial charge in [0.15, 0.2) is 0 Å². The van der Waals surface area contributed by atoms with Gasteiger partial charge in [0.25, 0.3) is 5.56 Å². The molecule has 1 amide bonds. The smallest absolute Gasteiger partial charge is 0.267 e. The summed E-state index contributed by atoms with van der Waals surface area (Å²) >= 11 is 0. The number of amides is 1. The number of hydrogen-bond acceptors (Lipinski definition) is 4. The van der Waals surface area contributed by atoms with Gasteiger partial charge >= 0.3 is 0 Å². The lowest BCUT2D eigenvalue weighted by Gasteiger charge is -2.16. The molecule has 1 atom stereocenters. The number of nitrogens with zero attached hydrogens (tertiary/aromatic N) is 2. The SMILES string of the molecule is COc1cc(F)ccc1-c1ccc(=O)n(C2CCc3ccccc3NC2=O)n1. The number of nitrogens with one attached hydrogen (secondary N) is 1. The molecule has 0 spiro atoms. The first-order valence-corrected chi connectivity index (χ1v) is 8.89. The van der Waals surface area contributed by atoms with Crippen LogP contribution >= 0.6 is 0 Å². The first kappa shape index (κ1) is 17.9. The molecule has 2 heterocycles. The van der Waals surface area contributed by atoms with Crippen molar-refractivity contribution >= 4 is 11.6 Å². The van der Waals surface area contributed by atoms with E-state index in [1.165, 1.54) is 42.1 Å². The number of rotatable bonds is 3. The number of aryl methyl sites for hydroxylation is 1. The number of fused-ring (bicyclic) bond motifs is 1. The number of benzene rings is 2. The average molecular weight is 379 g/mol. The van der Waals surface area contributed by atoms with Gasteiger partial charge in [0.1, 0.15) is 17.6 Å². The number of ether oxygens (including phenoxy) is 1. The monoisotopic (exact) mass is 379 g/mol. The summed E-state index contributed by atoms with van der Waals surface area (Å²) in [7, 11) is 1.43. The van der Waals surface area contributed by atoms with Crippen LogP contribution in [-0.4, -0.2) is 22.8 Å². The number of para-hydroxylation sites is 1. The molecule has 6 nitrogen and oxygen atoms in total. The normalized spacial score (nSPS) is 16.1. The maximum atomic E-state index is 13.5. The van der Waals surface area contributed by atoms with Crippen molar-refractivity contribution in [2.45, 2.75) is 18.9 Å². The number of methoxy groups -OCH3 is 1. The Hall–Kier alpha value is -3.48. The minimum absolute atomic E-state index is 0.289. The van der Waals surface area contributed by atoms with Gasteiger partial charge in [0.05, 0.1) is 12.8 Å². The molecule has 0 radical (unpaired) electrons. The van der Waals surface area contributed by atoms with E-state index in [0.717, 1.165) is 11.3 Å². The third-order valence-corrected chi connectivity index (χ3v) is 4.82. The topological polar surface area (TPSA) is 73.2 Å². The van der Waals surface area contributed by atoms with Crippen molar-refractivity contribution in [2.75, 3.05) is 12.4 Å². The molecule has 0 fully saturated rings. The molecule has 0 saturated carbocycles. The molecule has 1 aromatic heterocycles. The van der Waals surface area contributed by atoms with Crippen molar-refractivity contribution in [3.8, 4) is 17.0 Å². The van der Waals surface area contributed by atoms with E-state index in [2.05, 4.69) is 10.4 Å². The Balaban J connectivity index is 1.74. The van der Waals surface area contributed by atoms with Crippen LogP contribution in [0, 0.1) is 5.82 Å². The zero-order valence-corrected chi connectivity index (χ0v) is 15.2. The van der Waals surface area contributed by atoms with E-state index in [9.17, 15) is 14.0 Å². The van der Waals surface area contributed by atoms with E-state index < -0.39 is 11.9 Å². The summed E-state index contributed by atoms with van der Waals surface area (Å²) in [5.41, 5.74) is 2.35. The highest BCUT2D eigenvalue weighted by Crippen LogP contribution is 2.30. The number of hydrogen-bond donors (Lipinski definition) is 1. The summed E-state index contributed by atoms with van der Waals surface area (Å²) < 4.78 is 19.9. The lowest BCUT2D eigenvalue weighted by molar-refractivity contribution is -0.119. The fraction of sp³-hybridized carbons (Fsp3) is 0.190. The second-order valence-electron chi connectivity index (χ2n) is 6.55. The molecule has 0 bridgehead atoms. The third kappa shape index (κ3) is 3.26. The predicted molar refractivity (Wildman–Crippen MR) is 103 cm³/mol. The molecule has 4 rings (SSSR count). The van der Waals surface area contributed by atoms with E-state index in [4.69, 9.17) is 4.74 Å². The molecule has 1 aliphatic rings. The van der Waals surface area contributed by atoms with Crippen LogP contribution < -0.4 is 15.6 Å². The highest BCUT2D eigenvalue weighted by molar-refractivity contribution is 5.95. The van der Waals surface area contributed by atoms with Crippen LogP contribution in [0.2, 0.25) is 0 Å². The summed E-state index contributed by atoms with van der Waals surface area (Å²) in [4.78, 5) is 25.2. The van der Waals surface area contributed by atoms with Crippen LogP contribution in [0.3, 0.4) is 0 Å². The Kier molecular flexibility index (Phi) is 4.65. The van der Waals surface area contributed by atoms with Gasteiger partial charge in [-0.25, -0.2) is 9.07 Å². The molecular formula is C21H18FN3O3. The Morgan fingerprint density at radius 1 is 1.14 bits per heavy atom. The number of carbonyl (C=O) groups excluding carboxylic acids is 1. The second kappa shape index (κ2) is 7.26. The van der Waals surface area contributed by atoms with Gasteiger partial charge in [0, 0.05) is 23.4 Å². The molecule has 0 saturated heterocycles. The summed E-state index contributed by atoms with van der Waals surface area (Å²) in [5.74, 6) is -0.423. The zero-order chi connectivity index (χ0) is 19.7. The van der Waals surface area contributed by atoms with Gasteiger partial charge in [-0.2, -0.15) is 5.10 Å². The Morgan fingerprint density at radius 3 is 2.79 bits per heavy atom. The number of carbonyl (C=O) groups is 1. The molecule has 1 aliphatic heterocycles. The van der Waals surface area contributed by atoms with Gasteiger partial charge in [-0.1, -0.05) is 18.2 Å². The summed E-state index contributed by atoms with van der Waals surface area (Å²) in [5, 5.41) is 7.27. The summed E-state index contributed by atoms with van der Waals surface area (Å²) in [6, 6.07) is 13.8. The molecule has 142 valence electrons. The van der Waals surface area contributed by atoms with Crippen LogP contribution in [0.5, 0.6) is 5.75 Å². The van der Waals surface area contributed by atoms with E-state index in [1.54, 1.807) is 0 Å². The third-order valence-electron chi connectivity index (χ3n) is 4.82. The first-order valence-electron chi connectivity index (χ1n) is 8.89. The lowest BCUT2D eigenvalue weighted by atomic mass is 10.1. The summed E-state index contributed by atoms with van der Waals surface area (Å²) in [6.45, 7) is 0. The van der Waals surface area contributed by atoms with Gasteiger partial charge < -0.3 is 10.1 Å². The Morgan fingerprint density at radius 2 is 1.96 bits per heavy atom. The van der Waals surface area contributed by atoms with Gasteiger partial charge in [-0.15, -0.1) is 0 Å². The van der Waals surface area contributed by atoms with Gasteiger partial charge in [-0.3, -0.25) is 9.59 Å². The molecule has 7 heteroatoms. The fourth-order valence-electron chi connectivity index (χ4n) is 3.40. The zero-order valence-electron chi connectivity index (χ0n) is 15.2. The average Bonchev–Trinajstić information content (AvgIpc) is 2.86. The standard InChI is InChI=1S/C21H18FN3O3/c1-28-19-12-14(22)7-8-15(19)17-9-11-20(26)25(24-17)18-10-6-13-4-2-3-5-16(13)23-21(18)27/h2-5,7-9,11-12,18H,6,10H2,1H3,(H,23,27). The van der Waals surface area contributed by atoms with E-state index in [0.29, 0.717) is 29.8 Å². The maximum absolute atomic E-state index is 13.5. The van der Waals surface area contributed by atoms with Crippen LogP contribution in [-0.2, 0) is 11.2 Å². The van der Waals surface area contributed by atoms with Crippen LogP contribution in [0.15, 0.2) is 59.4 Å².